The van der Waals surface area contributed by atoms with Gasteiger partial charge in [-0.2, -0.15) is 0 Å². The van der Waals surface area contributed by atoms with Gasteiger partial charge in [0.25, 0.3) is 0 Å². The number of hydrogen-bond donors (Lipinski definition) is 1. The molecule has 4 nitrogen and oxygen atoms in total. The van der Waals surface area contributed by atoms with Crippen LogP contribution in [0.3, 0.4) is 0 Å². The lowest BCUT2D eigenvalue weighted by Crippen LogP contribution is -2.17. The first kappa shape index (κ1) is 16.6. The molecule has 0 aliphatic rings. The van der Waals surface area contributed by atoms with Gasteiger partial charge in [0.1, 0.15) is 5.75 Å². The predicted octanol–water partition coefficient (Wildman–Crippen LogP) is 4.08. The van der Waals surface area contributed by atoms with Gasteiger partial charge in [-0.25, -0.2) is 4.98 Å². The molecular weight excluding hydrogens is 337 g/mol. The van der Waals surface area contributed by atoms with Crippen molar-refractivity contribution in [3.8, 4) is 5.75 Å². The van der Waals surface area contributed by atoms with Crippen LogP contribution in [-0.2, 0) is 4.79 Å². The van der Waals surface area contributed by atoms with Crippen LogP contribution in [-0.4, -0.2) is 23.0 Å². The molecular formula is C13H11F3N2O2S2. The fourth-order valence-corrected chi connectivity index (χ4v) is 3.11. The van der Waals surface area contributed by atoms with Crippen molar-refractivity contribution >= 4 is 34.7 Å². The highest BCUT2D eigenvalue weighted by molar-refractivity contribution is 8.01. The number of carbonyl (C=O) groups excluding carboxylic acids is 1. The fraction of sp³-hybridized carbons (Fsp3) is 0.231. The number of nitrogens with one attached hydrogen (secondary N) is 1. The molecule has 22 heavy (non-hydrogen) atoms. The van der Waals surface area contributed by atoms with Crippen LogP contribution in [0.25, 0.3) is 0 Å². The van der Waals surface area contributed by atoms with Crippen molar-refractivity contribution in [1.29, 1.82) is 0 Å². The summed E-state index contributed by atoms with van der Waals surface area (Å²) in [6.07, 6.45) is -4.73. The quantitative estimate of drug-likeness (QED) is 0.827. The minimum atomic E-state index is -4.73. The van der Waals surface area contributed by atoms with Crippen molar-refractivity contribution in [2.24, 2.45) is 0 Å². The van der Waals surface area contributed by atoms with E-state index in [0.717, 1.165) is 22.2 Å². The lowest BCUT2D eigenvalue weighted by atomic mass is 10.3. The van der Waals surface area contributed by atoms with Gasteiger partial charge >= 0.3 is 6.36 Å². The number of nitrogens with zero attached hydrogens (tertiary/aromatic N) is 1. The molecule has 1 aromatic carbocycles. The van der Waals surface area contributed by atoms with E-state index in [-0.39, 0.29) is 17.4 Å². The third kappa shape index (κ3) is 5.57. The summed E-state index contributed by atoms with van der Waals surface area (Å²) >= 11 is 2.76. The summed E-state index contributed by atoms with van der Waals surface area (Å²) in [5, 5.41) is 4.48. The van der Waals surface area contributed by atoms with Crippen molar-refractivity contribution in [1.82, 2.24) is 4.98 Å². The number of aromatic nitrogens is 1. The van der Waals surface area contributed by atoms with E-state index in [2.05, 4.69) is 15.0 Å². The van der Waals surface area contributed by atoms with E-state index in [1.165, 1.54) is 35.2 Å². The summed E-state index contributed by atoms with van der Waals surface area (Å²) in [5.74, 6) is -0.422. The molecule has 0 radical (unpaired) electrons. The number of rotatable bonds is 5. The average molecular weight is 348 g/mol. The molecule has 2 rings (SSSR count). The van der Waals surface area contributed by atoms with Crippen LogP contribution in [0.5, 0.6) is 5.75 Å². The van der Waals surface area contributed by atoms with Crippen molar-refractivity contribution in [2.45, 2.75) is 17.6 Å². The van der Waals surface area contributed by atoms with Crippen LogP contribution in [0.1, 0.15) is 5.69 Å². The number of ether oxygens (including phenoxy) is 1. The van der Waals surface area contributed by atoms with E-state index in [4.69, 9.17) is 0 Å². The molecule has 0 saturated heterocycles. The molecule has 1 amide bonds. The maximum atomic E-state index is 12.0. The Labute approximate surface area is 132 Å². The largest absolute Gasteiger partial charge is 0.573 e. The Morgan fingerprint density at radius 3 is 2.59 bits per heavy atom. The van der Waals surface area contributed by atoms with Crippen LogP contribution in [0.4, 0.5) is 18.9 Å². The second kappa shape index (κ2) is 7.01. The molecule has 0 fully saturated rings. The Hall–Kier alpha value is -1.74. The molecule has 0 atom stereocenters. The Morgan fingerprint density at radius 2 is 2.05 bits per heavy atom. The highest BCUT2D eigenvalue weighted by Gasteiger charge is 2.30. The van der Waals surface area contributed by atoms with Crippen LogP contribution in [0.2, 0.25) is 0 Å². The summed E-state index contributed by atoms with van der Waals surface area (Å²) in [5.41, 5.74) is 1.30. The van der Waals surface area contributed by atoms with Crippen molar-refractivity contribution in [3.63, 3.8) is 0 Å². The lowest BCUT2D eigenvalue weighted by molar-refractivity contribution is -0.274. The van der Waals surface area contributed by atoms with Gasteiger partial charge in [-0.15, -0.1) is 24.5 Å². The second-order valence-electron chi connectivity index (χ2n) is 4.16. The summed E-state index contributed by atoms with van der Waals surface area (Å²) in [6, 6.07) is 4.97. The van der Waals surface area contributed by atoms with Gasteiger partial charge in [-0.1, -0.05) is 11.8 Å². The van der Waals surface area contributed by atoms with Gasteiger partial charge in [0.05, 0.1) is 5.75 Å². The Bertz CT molecular complexity index is 641. The molecule has 1 heterocycles. The number of amides is 1. The molecule has 0 unspecified atom stereocenters. The Balaban J connectivity index is 1.83. The van der Waals surface area contributed by atoms with E-state index >= 15 is 0 Å². The number of aryl methyl sites for hydroxylation is 1. The number of thiazole rings is 1. The topological polar surface area (TPSA) is 51.2 Å². The van der Waals surface area contributed by atoms with Crippen molar-refractivity contribution < 1.29 is 22.7 Å². The first-order valence-corrected chi connectivity index (χ1v) is 7.89. The molecule has 0 aliphatic carbocycles. The minimum absolute atomic E-state index is 0.174. The van der Waals surface area contributed by atoms with Crippen LogP contribution >= 0.6 is 23.1 Å². The van der Waals surface area contributed by atoms with Crippen molar-refractivity contribution in [2.75, 3.05) is 11.1 Å². The number of alkyl halides is 3. The molecule has 1 N–H and O–H groups in total. The van der Waals surface area contributed by atoms with Gasteiger partial charge in [-0.3, -0.25) is 4.79 Å². The zero-order valence-corrected chi connectivity index (χ0v) is 12.9. The molecule has 0 spiro atoms. The third-order valence-electron chi connectivity index (χ3n) is 2.30. The third-order valence-corrected chi connectivity index (χ3v) is 4.44. The Morgan fingerprint density at radius 1 is 1.36 bits per heavy atom. The van der Waals surface area contributed by atoms with E-state index in [9.17, 15) is 18.0 Å². The predicted molar refractivity (Wildman–Crippen MR) is 79.3 cm³/mol. The number of benzene rings is 1. The van der Waals surface area contributed by atoms with Gasteiger partial charge in [0, 0.05) is 16.8 Å². The van der Waals surface area contributed by atoms with E-state index in [0.29, 0.717) is 5.69 Å². The standard InChI is InChI=1S/C13H11F3N2O2S2/c1-8-6-21-12(17-8)22-7-11(19)18-9-2-4-10(5-3-9)20-13(14,15)16/h2-6H,7H2,1H3,(H,18,19). The number of thioether (sulfide) groups is 1. The summed E-state index contributed by atoms with van der Waals surface area (Å²) < 4.78 is 40.6. The summed E-state index contributed by atoms with van der Waals surface area (Å²) in [7, 11) is 0. The number of halogens is 3. The maximum absolute atomic E-state index is 12.0. The summed E-state index contributed by atoms with van der Waals surface area (Å²) in [4.78, 5) is 16.0. The highest BCUT2D eigenvalue weighted by Crippen LogP contribution is 2.25. The number of carbonyl (C=O) groups is 1. The van der Waals surface area contributed by atoms with Gasteiger partial charge in [0.2, 0.25) is 5.91 Å². The van der Waals surface area contributed by atoms with Crippen LogP contribution in [0, 0.1) is 6.92 Å². The van der Waals surface area contributed by atoms with Gasteiger partial charge < -0.3 is 10.1 Å². The first-order valence-electron chi connectivity index (χ1n) is 6.02. The molecule has 0 aliphatic heterocycles. The maximum Gasteiger partial charge on any atom is 0.573 e. The molecule has 118 valence electrons. The SMILES string of the molecule is Cc1csc(SCC(=O)Nc2ccc(OC(F)(F)F)cc2)n1. The number of hydrogen-bond acceptors (Lipinski definition) is 5. The molecule has 2 aromatic rings. The molecule has 0 bridgehead atoms. The zero-order valence-electron chi connectivity index (χ0n) is 11.3. The monoisotopic (exact) mass is 348 g/mol. The molecule has 1 aromatic heterocycles. The lowest BCUT2D eigenvalue weighted by Gasteiger charge is -2.09. The second-order valence-corrected chi connectivity index (χ2v) is 6.24. The first-order chi connectivity index (χ1) is 10.3. The number of anilines is 1. The van der Waals surface area contributed by atoms with E-state index in [1.807, 2.05) is 12.3 Å². The summed E-state index contributed by atoms with van der Waals surface area (Å²) in [6.45, 7) is 1.87. The fourth-order valence-electron chi connectivity index (χ4n) is 1.46. The van der Waals surface area contributed by atoms with E-state index < -0.39 is 6.36 Å². The Kier molecular flexibility index (Phi) is 5.30. The molecule has 0 saturated carbocycles. The molecule has 9 heteroatoms. The zero-order chi connectivity index (χ0) is 16.2. The highest BCUT2D eigenvalue weighted by atomic mass is 32.2. The van der Waals surface area contributed by atoms with Crippen molar-refractivity contribution in [3.05, 3.63) is 35.3 Å². The van der Waals surface area contributed by atoms with Crippen LogP contribution < -0.4 is 10.1 Å². The normalized spacial score (nSPS) is 11.3. The van der Waals surface area contributed by atoms with Crippen LogP contribution in [0.15, 0.2) is 34.0 Å². The average Bonchev–Trinajstić information content (AvgIpc) is 2.83. The van der Waals surface area contributed by atoms with E-state index in [1.54, 1.807) is 0 Å². The minimum Gasteiger partial charge on any atom is -0.406 e. The van der Waals surface area contributed by atoms with Gasteiger partial charge in [0.15, 0.2) is 4.34 Å². The van der Waals surface area contributed by atoms with Gasteiger partial charge in [-0.05, 0) is 31.2 Å². The smallest absolute Gasteiger partial charge is 0.406 e.